The van der Waals surface area contributed by atoms with Gasteiger partial charge in [0.05, 0.1) is 23.8 Å². The number of carbonyl (C=O) groups excluding carboxylic acids is 1. The van der Waals surface area contributed by atoms with Crippen molar-refractivity contribution >= 4 is 28.9 Å². The smallest absolute Gasteiger partial charge is 0.221 e. The lowest BCUT2D eigenvalue weighted by Gasteiger charge is -2.21. The molecule has 0 fully saturated rings. The summed E-state index contributed by atoms with van der Waals surface area (Å²) < 4.78 is 0. The van der Waals surface area contributed by atoms with Gasteiger partial charge in [-0.15, -0.1) is 11.3 Å². The van der Waals surface area contributed by atoms with E-state index in [4.69, 9.17) is 4.99 Å². The molecule has 0 unspecified atom stereocenters. The van der Waals surface area contributed by atoms with E-state index in [-0.39, 0.29) is 5.91 Å². The minimum absolute atomic E-state index is 0.0766. The Morgan fingerprint density at radius 3 is 2.84 bits per heavy atom. The van der Waals surface area contributed by atoms with E-state index in [2.05, 4.69) is 25.9 Å². The predicted octanol–water partition coefficient (Wildman–Crippen LogP) is 3.01. The lowest BCUT2D eigenvalue weighted by molar-refractivity contribution is -0.114. The molecule has 1 aromatic heterocycles. The van der Waals surface area contributed by atoms with Crippen molar-refractivity contribution in [3.05, 3.63) is 45.9 Å². The van der Waals surface area contributed by atoms with Crippen LogP contribution in [0.15, 0.2) is 34.6 Å². The minimum Gasteiger partial charge on any atom is -0.357 e. The number of amides is 1. The average molecular weight is 359 g/mol. The monoisotopic (exact) mass is 359 g/mol. The number of hydrogen-bond donors (Lipinski definition) is 2. The van der Waals surface area contributed by atoms with Crippen LogP contribution in [0, 0.1) is 6.92 Å². The highest BCUT2D eigenvalue weighted by Gasteiger charge is 2.08. The Morgan fingerprint density at radius 2 is 2.20 bits per heavy atom. The van der Waals surface area contributed by atoms with E-state index in [9.17, 15) is 4.79 Å². The van der Waals surface area contributed by atoms with Gasteiger partial charge in [-0.3, -0.25) is 4.79 Å². The molecule has 2 rings (SSSR count). The van der Waals surface area contributed by atoms with Gasteiger partial charge in [-0.1, -0.05) is 12.1 Å². The Labute approximate surface area is 153 Å². The Hall–Kier alpha value is -2.41. The Balaban J connectivity index is 2.06. The molecule has 7 heteroatoms. The zero-order valence-corrected chi connectivity index (χ0v) is 16.0. The highest BCUT2D eigenvalue weighted by atomic mass is 32.1. The standard InChI is InChI=1S/C18H25N5OS/c1-5-19-18(23(4)11-17-12-25-14(3)22-17)20-10-15-7-6-8-16(9-15)21-13(2)24/h6-9,12H,5,10-11H2,1-4H3,(H,19,20)(H,21,24). The first kappa shape index (κ1) is 18.9. The fourth-order valence-electron chi connectivity index (χ4n) is 2.39. The van der Waals surface area contributed by atoms with Gasteiger partial charge >= 0.3 is 0 Å². The summed E-state index contributed by atoms with van der Waals surface area (Å²) >= 11 is 1.66. The van der Waals surface area contributed by atoms with Crippen LogP contribution in [0.5, 0.6) is 0 Å². The van der Waals surface area contributed by atoms with Crippen LogP contribution in [0.2, 0.25) is 0 Å². The van der Waals surface area contributed by atoms with E-state index in [1.54, 1.807) is 11.3 Å². The number of rotatable bonds is 6. The van der Waals surface area contributed by atoms with Gasteiger partial charge < -0.3 is 15.5 Å². The van der Waals surface area contributed by atoms with Crippen molar-refractivity contribution in [2.75, 3.05) is 18.9 Å². The molecule has 1 aromatic carbocycles. The summed E-state index contributed by atoms with van der Waals surface area (Å²) in [6, 6.07) is 7.74. The van der Waals surface area contributed by atoms with Crippen molar-refractivity contribution in [2.24, 2.45) is 4.99 Å². The predicted molar refractivity (Wildman–Crippen MR) is 104 cm³/mol. The van der Waals surface area contributed by atoms with Crippen LogP contribution >= 0.6 is 11.3 Å². The number of aliphatic imine (C=N–C) groups is 1. The van der Waals surface area contributed by atoms with Gasteiger partial charge in [-0.05, 0) is 31.5 Å². The van der Waals surface area contributed by atoms with E-state index in [1.807, 2.05) is 45.2 Å². The molecule has 0 aliphatic rings. The highest BCUT2D eigenvalue weighted by Crippen LogP contribution is 2.13. The van der Waals surface area contributed by atoms with E-state index < -0.39 is 0 Å². The van der Waals surface area contributed by atoms with Crippen LogP contribution in [0.3, 0.4) is 0 Å². The lowest BCUT2D eigenvalue weighted by atomic mass is 10.2. The quantitative estimate of drug-likeness (QED) is 0.614. The van der Waals surface area contributed by atoms with E-state index >= 15 is 0 Å². The molecule has 1 heterocycles. The molecule has 0 atom stereocenters. The fourth-order valence-corrected chi connectivity index (χ4v) is 2.99. The fraction of sp³-hybridized carbons (Fsp3) is 0.389. The first-order chi connectivity index (χ1) is 12.0. The van der Waals surface area contributed by atoms with E-state index in [1.165, 1.54) is 6.92 Å². The molecule has 25 heavy (non-hydrogen) atoms. The Morgan fingerprint density at radius 1 is 1.40 bits per heavy atom. The van der Waals surface area contributed by atoms with Crippen molar-refractivity contribution in [1.29, 1.82) is 0 Å². The van der Waals surface area contributed by atoms with Gasteiger partial charge in [0.25, 0.3) is 0 Å². The van der Waals surface area contributed by atoms with Crippen molar-refractivity contribution in [3.63, 3.8) is 0 Å². The summed E-state index contributed by atoms with van der Waals surface area (Å²) in [6.45, 7) is 7.61. The van der Waals surface area contributed by atoms with Gasteiger partial charge in [0.1, 0.15) is 0 Å². The summed E-state index contributed by atoms with van der Waals surface area (Å²) in [5, 5.41) is 9.25. The molecule has 6 nitrogen and oxygen atoms in total. The molecule has 1 amide bonds. The number of nitrogens with one attached hydrogen (secondary N) is 2. The van der Waals surface area contributed by atoms with Gasteiger partial charge in [0.2, 0.25) is 5.91 Å². The molecule has 0 spiro atoms. The number of thiazole rings is 1. The van der Waals surface area contributed by atoms with Crippen molar-refractivity contribution < 1.29 is 4.79 Å². The molecule has 134 valence electrons. The van der Waals surface area contributed by atoms with Gasteiger partial charge in [0.15, 0.2) is 5.96 Å². The molecule has 0 radical (unpaired) electrons. The second kappa shape index (κ2) is 9.17. The van der Waals surface area contributed by atoms with Crippen molar-refractivity contribution in [2.45, 2.75) is 33.9 Å². The Bertz CT molecular complexity index is 741. The van der Waals surface area contributed by atoms with Crippen molar-refractivity contribution in [3.8, 4) is 0 Å². The number of aromatic nitrogens is 1. The number of aryl methyl sites for hydroxylation is 1. The molecule has 0 bridgehead atoms. The second-order valence-corrected chi connectivity index (χ2v) is 6.83. The number of hydrogen-bond acceptors (Lipinski definition) is 4. The van der Waals surface area contributed by atoms with E-state index in [0.717, 1.165) is 34.5 Å². The van der Waals surface area contributed by atoms with Crippen LogP contribution < -0.4 is 10.6 Å². The SMILES string of the molecule is CCNC(=NCc1cccc(NC(C)=O)c1)N(C)Cc1csc(C)n1. The third-order valence-electron chi connectivity index (χ3n) is 3.42. The molecule has 2 aromatic rings. The summed E-state index contributed by atoms with van der Waals surface area (Å²) in [6.07, 6.45) is 0. The largest absolute Gasteiger partial charge is 0.357 e. The third-order valence-corrected chi connectivity index (χ3v) is 4.24. The number of carbonyl (C=O) groups is 1. The van der Waals surface area contributed by atoms with Gasteiger partial charge in [-0.25, -0.2) is 9.98 Å². The first-order valence-corrected chi connectivity index (χ1v) is 9.13. The normalized spacial score (nSPS) is 11.3. The molecule has 0 saturated carbocycles. The first-order valence-electron chi connectivity index (χ1n) is 8.25. The summed E-state index contributed by atoms with van der Waals surface area (Å²) in [7, 11) is 2.00. The molecule has 0 aliphatic carbocycles. The van der Waals surface area contributed by atoms with Crippen LogP contribution in [0.4, 0.5) is 5.69 Å². The number of guanidine groups is 1. The van der Waals surface area contributed by atoms with Gasteiger partial charge in [-0.2, -0.15) is 0 Å². The number of benzene rings is 1. The van der Waals surface area contributed by atoms with Crippen molar-refractivity contribution in [1.82, 2.24) is 15.2 Å². The molecule has 2 N–H and O–H groups in total. The third kappa shape index (κ3) is 6.19. The van der Waals surface area contributed by atoms with Gasteiger partial charge in [0, 0.05) is 31.6 Å². The molecular weight excluding hydrogens is 334 g/mol. The van der Waals surface area contributed by atoms with Crippen LogP contribution in [0.25, 0.3) is 0 Å². The maximum Gasteiger partial charge on any atom is 0.221 e. The number of anilines is 1. The highest BCUT2D eigenvalue weighted by molar-refractivity contribution is 7.09. The summed E-state index contributed by atoms with van der Waals surface area (Å²) in [4.78, 5) is 22.5. The zero-order valence-electron chi connectivity index (χ0n) is 15.2. The zero-order chi connectivity index (χ0) is 18.2. The van der Waals surface area contributed by atoms with Crippen LogP contribution in [-0.2, 0) is 17.9 Å². The average Bonchev–Trinajstić information content (AvgIpc) is 2.96. The minimum atomic E-state index is -0.0766. The summed E-state index contributed by atoms with van der Waals surface area (Å²) in [5.74, 6) is 0.755. The van der Waals surface area contributed by atoms with Crippen LogP contribution in [0.1, 0.15) is 30.1 Å². The lowest BCUT2D eigenvalue weighted by Crippen LogP contribution is -2.38. The maximum absolute atomic E-state index is 11.2. The number of nitrogens with zero attached hydrogens (tertiary/aromatic N) is 3. The molecule has 0 saturated heterocycles. The summed E-state index contributed by atoms with van der Waals surface area (Å²) in [5.41, 5.74) is 2.87. The second-order valence-electron chi connectivity index (χ2n) is 5.77. The van der Waals surface area contributed by atoms with E-state index in [0.29, 0.717) is 13.1 Å². The Kier molecular flexibility index (Phi) is 6.94. The maximum atomic E-state index is 11.2. The molecular formula is C18H25N5OS. The van der Waals surface area contributed by atoms with Crippen LogP contribution in [-0.4, -0.2) is 35.3 Å². The topological polar surface area (TPSA) is 69.6 Å². The molecule has 0 aliphatic heterocycles.